The number of rotatable bonds is 3. The Morgan fingerprint density at radius 1 is 1.08 bits per heavy atom. The van der Waals surface area contributed by atoms with E-state index in [2.05, 4.69) is 9.98 Å². The fourth-order valence-corrected chi connectivity index (χ4v) is 2.93. The molecule has 2 aliphatic rings. The highest BCUT2D eigenvalue weighted by atomic mass is 16.5. The number of methoxy groups -OCH3 is 1. The third kappa shape index (κ3) is 2.85. The second-order valence-corrected chi connectivity index (χ2v) is 5.78. The number of hydrogen-bond acceptors (Lipinski definition) is 4. The molecular weight excluding hydrogens is 314 g/mol. The molecule has 0 fully saturated rings. The molecule has 0 spiro atoms. The Labute approximate surface area is 146 Å². The number of ether oxygens (including phenoxy) is 1. The molecule has 0 unspecified atom stereocenters. The molecule has 0 aromatic heterocycles. The molecule has 0 N–H and O–H groups in total. The largest absolute Gasteiger partial charge is 0.497 e. The normalized spacial score (nSPS) is 16.2. The van der Waals surface area contributed by atoms with E-state index >= 15 is 0 Å². The van der Waals surface area contributed by atoms with Gasteiger partial charge in [-0.25, -0.2) is 9.89 Å². The monoisotopic (exact) mass is 331 g/mol. The van der Waals surface area contributed by atoms with E-state index in [0.717, 1.165) is 22.6 Å². The van der Waals surface area contributed by atoms with Crippen LogP contribution >= 0.6 is 0 Å². The maximum Gasteiger partial charge on any atom is 0.235 e. The highest BCUT2D eigenvalue weighted by Gasteiger charge is 2.32. The van der Waals surface area contributed by atoms with E-state index in [0.29, 0.717) is 24.6 Å². The first-order valence-corrected chi connectivity index (χ1v) is 8.14. The fourth-order valence-electron chi connectivity index (χ4n) is 2.93. The van der Waals surface area contributed by atoms with Gasteiger partial charge in [-0.2, -0.15) is 0 Å². The molecule has 2 heterocycles. The van der Waals surface area contributed by atoms with Crippen molar-refractivity contribution in [1.82, 2.24) is 4.90 Å². The maximum absolute atomic E-state index is 12.5. The van der Waals surface area contributed by atoms with Gasteiger partial charge < -0.3 is 4.74 Å². The van der Waals surface area contributed by atoms with Gasteiger partial charge in [0.1, 0.15) is 17.4 Å². The molecule has 124 valence electrons. The first-order chi connectivity index (χ1) is 12.3. The summed E-state index contributed by atoms with van der Waals surface area (Å²) in [6, 6.07) is 15.5. The lowest BCUT2D eigenvalue weighted by atomic mass is 10.1. The summed E-state index contributed by atoms with van der Waals surface area (Å²) in [5, 5.41) is 0. The van der Waals surface area contributed by atoms with Crippen molar-refractivity contribution in [2.75, 3.05) is 13.7 Å². The Hall–Kier alpha value is -3.21. The zero-order valence-electron chi connectivity index (χ0n) is 13.8. The predicted molar refractivity (Wildman–Crippen MR) is 98.4 cm³/mol. The topological polar surface area (TPSA) is 54.3 Å². The predicted octanol–water partition coefficient (Wildman–Crippen LogP) is 3.43. The van der Waals surface area contributed by atoms with Crippen molar-refractivity contribution in [1.29, 1.82) is 0 Å². The van der Waals surface area contributed by atoms with Gasteiger partial charge in [-0.1, -0.05) is 30.3 Å². The number of hydrogen-bond donors (Lipinski definition) is 0. The van der Waals surface area contributed by atoms with Crippen molar-refractivity contribution in [2.45, 2.75) is 6.42 Å². The Morgan fingerprint density at radius 3 is 2.68 bits per heavy atom. The van der Waals surface area contributed by atoms with Crippen molar-refractivity contribution in [3.63, 3.8) is 0 Å². The number of benzene rings is 2. The first-order valence-electron chi connectivity index (χ1n) is 8.14. The highest BCUT2D eigenvalue weighted by Crippen LogP contribution is 2.29. The number of para-hydroxylation sites is 1. The van der Waals surface area contributed by atoms with Gasteiger partial charge in [-0.05, 0) is 35.9 Å². The lowest BCUT2D eigenvalue weighted by Gasteiger charge is -2.31. The summed E-state index contributed by atoms with van der Waals surface area (Å²) in [5.74, 6) is 2.12. The van der Waals surface area contributed by atoms with Gasteiger partial charge in [0.25, 0.3) is 0 Å². The molecule has 5 heteroatoms. The van der Waals surface area contributed by atoms with Gasteiger partial charge in [0.15, 0.2) is 0 Å². The lowest BCUT2D eigenvalue weighted by molar-refractivity contribution is -0.124. The molecule has 0 radical (unpaired) electrons. The molecule has 0 saturated carbocycles. The smallest absolute Gasteiger partial charge is 0.235 e. The molecule has 2 aliphatic heterocycles. The molecule has 0 saturated heterocycles. The number of carbonyl (C=O) groups is 1. The van der Waals surface area contributed by atoms with Crippen LogP contribution in [0.5, 0.6) is 5.75 Å². The van der Waals surface area contributed by atoms with E-state index in [4.69, 9.17) is 4.74 Å². The van der Waals surface area contributed by atoms with Crippen LogP contribution in [-0.4, -0.2) is 36.1 Å². The van der Waals surface area contributed by atoms with E-state index in [-0.39, 0.29) is 5.91 Å². The molecule has 4 rings (SSSR count). The van der Waals surface area contributed by atoms with Gasteiger partial charge in [-0.15, -0.1) is 0 Å². The first kappa shape index (κ1) is 15.3. The van der Waals surface area contributed by atoms with Gasteiger partial charge in [0.2, 0.25) is 5.91 Å². The SMILES string of the molecule is COc1ccc(/C=C/C2=Nc3ccccc3C3=NCCC(=O)N23)cc1. The standard InChI is InChI=1S/C20H17N3O2/c1-25-15-9-6-14(7-10-15)8-11-18-22-17-5-3-2-4-16(17)20-21-13-12-19(24)23(18)20/h2-11H,12-13H2,1H3/b11-8+. The van der Waals surface area contributed by atoms with Crippen molar-refractivity contribution in [2.24, 2.45) is 9.98 Å². The summed E-state index contributed by atoms with van der Waals surface area (Å²) in [5.41, 5.74) is 2.74. The second-order valence-electron chi connectivity index (χ2n) is 5.78. The number of carbonyl (C=O) groups excluding carboxylic acids is 1. The Morgan fingerprint density at radius 2 is 1.88 bits per heavy atom. The third-order valence-electron chi connectivity index (χ3n) is 4.20. The lowest BCUT2D eigenvalue weighted by Crippen LogP contribution is -2.46. The summed E-state index contributed by atoms with van der Waals surface area (Å²) < 4.78 is 5.17. The summed E-state index contributed by atoms with van der Waals surface area (Å²) in [6.45, 7) is 0.522. The van der Waals surface area contributed by atoms with E-state index in [1.54, 1.807) is 12.0 Å². The molecule has 1 amide bonds. The van der Waals surface area contributed by atoms with Crippen molar-refractivity contribution in [3.05, 3.63) is 65.7 Å². The Bertz CT molecular complexity index is 911. The Balaban J connectivity index is 1.73. The molecule has 2 aromatic carbocycles. The number of aliphatic imine (C=N–C) groups is 2. The summed E-state index contributed by atoms with van der Waals surface area (Å²) >= 11 is 0. The van der Waals surface area contributed by atoms with E-state index in [1.165, 1.54) is 0 Å². The third-order valence-corrected chi connectivity index (χ3v) is 4.20. The average molecular weight is 331 g/mol. The van der Waals surface area contributed by atoms with Crippen LogP contribution in [0.3, 0.4) is 0 Å². The van der Waals surface area contributed by atoms with Crippen molar-refractivity contribution in [3.8, 4) is 5.75 Å². The van der Waals surface area contributed by atoms with E-state index < -0.39 is 0 Å². The van der Waals surface area contributed by atoms with Crippen LogP contribution in [0.15, 0.2) is 64.6 Å². The van der Waals surface area contributed by atoms with Crippen LogP contribution in [0.4, 0.5) is 5.69 Å². The minimum Gasteiger partial charge on any atom is -0.497 e. The zero-order chi connectivity index (χ0) is 17.2. The van der Waals surface area contributed by atoms with Gasteiger partial charge in [-0.3, -0.25) is 9.79 Å². The summed E-state index contributed by atoms with van der Waals surface area (Å²) in [7, 11) is 1.64. The summed E-state index contributed by atoms with van der Waals surface area (Å²) in [4.78, 5) is 23.3. The maximum atomic E-state index is 12.5. The van der Waals surface area contributed by atoms with Crippen LogP contribution in [0.25, 0.3) is 6.08 Å². The number of amidine groups is 2. The molecule has 2 aromatic rings. The fraction of sp³-hybridized carbons (Fsp3) is 0.150. The van der Waals surface area contributed by atoms with Crippen molar-refractivity contribution >= 4 is 29.3 Å². The molecule has 0 aliphatic carbocycles. The van der Waals surface area contributed by atoms with Crippen LogP contribution in [0, 0.1) is 0 Å². The summed E-state index contributed by atoms with van der Waals surface area (Å²) in [6.07, 6.45) is 4.20. The highest BCUT2D eigenvalue weighted by molar-refractivity contribution is 6.27. The van der Waals surface area contributed by atoms with Gasteiger partial charge >= 0.3 is 0 Å². The minimum atomic E-state index is 0.0256. The van der Waals surface area contributed by atoms with E-state index in [9.17, 15) is 4.79 Å². The molecule has 25 heavy (non-hydrogen) atoms. The molecule has 0 bridgehead atoms. The van der Waals surface area contributed by atoms with Crippen LogP contribution in [0.1, 0.15) is 17.5 Å². The van der Waals surface area contributed by atoms with Crippen LogP contribution in [-0.2, 0) is 4.79 Å². The van der Waals surface area contributed by atoms with Crippen molar-refractivity contribution < 1.29 is 9.53 Å². The number of fused-ring (bicyclic) bond motifs is 3. The zero-order valence-corrected chi connectivity index (χ0v) is 13.8. The number of nitrogens with zero attached hydrogens (tertiary/aromatic N) is 3. The van der Waals surface area contributed by atoms with Crippen LogP contribution < -0.4 is 4.74 Å². The number of amides is 1. The van der Waals surface area contributed by atoms with Crippen LogP contribution in [0.2, 0.25) is 0 Å². The van der Waals surface area contributed by atoms with Gasteiger partial charge in [0.05, 0.1) is 19.3 Å². The average Bonchev–Trinajstić information content (AvgIpc) is 2.66. The molecule has 0 atom stereocenters. The van der Waals surface area contributed by atoms with Gasteiger partial charge in [0, 0.05) is 12.0 Å². The quantitative estimate of drug-likeness (QED) is 0.865. The molecular formula is C20H17N3O2. The molecule has 5 nitrogen and oxygen atoms in total. The Kier molecular flexibility index (Phi) is 3.90. The van der Waals surface area contributed by atoms with E-state index in [1.807, 2.05) is 60.7 Å². The minimum absolute atomic E-state index is 0.0256. The second kappa shape index (κ2) is 6.36.